The molecule has 0 saturated carbocycles. The van der Waals surface area contributed by atoms with Crippen LogP contribution >= 0.6 is 0 Å². The molecule has 0 aliphatic heterocycles. The first-order valence-electron chi connectivity index (χ1n) is 7.53. The normalized spacial score (nSPS) is 13.8. The van der Waals surface area contributed by atoms with Crippen LogP contribution in [-0.2, 0) is 4.74 Å². The van der Waals surface area contributed by atoms with Gasteiger partial charge in [0.25, 0.3) is 0 Å². The van der Waals surface area contributed by atoms with Crippen molar-refractivity contribution in [2.24, 2.45) is 17.6 Å². The average molecular weight is 258 g/mol. The van der Waals surface area contributed by atoms with Gasteiger partial charge in [-0.3, -0.25) is 0 Å². The van der Waals surface area contributed by atoms with Gasteiger partial charge in [-0.2, -0.15) is 0 Å². The van der Waals surface area contributed by atoms with E-state index in [0.717, 1.165) is 38.1 Å². The maximum atomic E-state index is 5.77. The molecule has 0 saturated heterocycles. The fraction of sp³-hybridized carbons (Fsp3) is 1.00. The van der Waals surface area contributed by atoms with Crippen LogP contribution in [0.15, 0.2) is 0 Å². The van der Waals surface area contributed by atoms with Gasteiger partial charge in [0.1, 0.15) is 0 Å². The van der Waals surface area contributed by atoms with Crippen LogP contribution in [0, 0.1) is 11.8 Å². The number of hydrogen-bond donors (Lipinski definition) is 1. The molecule has 3 heteroatoms. The van der Waals surface area contributed by atoms with E-state index in [2.05, 4.69) is 32.6 Å². The molecule has 110 valence electrons. The summed E-state index contributed by atoms with van der Waals surface area (Å²) in [7, 11) is 0. The lowest BCUT2D eigenvalue weighted by Gasteiger charge is -2.28. The number of hydrogen-bond acceptors (Lipinski definition) is 3. The summed E-state index contributed by atoms with van der Waals surface area (Å²) >= 11 is 0. The molecule has 1 unspecified atom stereocenters. The Morgan fingerprint density at radius 2 is 1.50 bits per heavy atom. The van der Waals surface area contributed by atoms with E-state index < -0.39 is 0 Å². The first kappa shape index (κ1) is 17.9. The summed E-state index contributed by atoms with van der Waals surface area (Å²) in [6.07, 6.45) is 2.69. The summed E-state index contributed by atoms with van der Waals surface area (Å²) in [4.78, 5) is 2.52. The fourth-order valence-electron chi connectivity index (χ4n) is 1.89. The second kappa shape index (κ2) is 10.8. The Bertz CT molecular complexity index is 171. The van der Waals surface area contributed by atoms with Crippen molar-refractivity contribution in [3.8, 4) is 0 Å². The van der Waals surface area contributed by atoms with E-state index in [-0.39, 0.29) is 6.10 Å². The summed E-state index contributed by atoms with van der Waals surface area (Å²) in [5, 5.41) is 0. The van der Waals surface area contributed by atoms with Gasteiger partial charge >= 0.3 is 0 Å². The van der Waals surface area contributed by atoms with Crippen LogP contribution in [0.2, 0.25) is 0 Å². The highest BCUT2D eigenvalue weighted by Crippen LogP contribution is 2.08. The lowest BCUT2D eigenvalue weighted by Crippen LogP contribution is -2.40. The highest BCUT2D eigenvalue weighted by atomic mass is 16.5. The lowest BCUT2D eigenvalue weighted by atomic mass is 10.1. The third-order valence-electron chi connectivity index (χ3n) is 3.17. The molecule has 1 atom stereocenters. The van der Waals surface area contributed by atoms with Crippen molar-refractivity contribution >= 4 is 0 Å². The predicted octanol–water partition coefficient (Wildman–Crippen LogP) is 2.74. The zero-order chi connectivity index (χ0) is 14.0. The molecule has 0 amide bonds. The predicted molar refractivity (Wildman–Crippen MR) is 79.8 cm³/mol. The van der Waals surface area contributed by atoms with Gasteiger partial charge in [-0.25, -0.2) is 0 Å². The first-order chi connectivity index (χ1) is 8.49. The zero-order valence-electron chi connectivity index (χ0n) is 13.1. The monoisotopic (exact) mass is 258 g/mol. The van der Waals surface area contributed by atoms with E-state index in [1.807, 2.05) is 6.92 Å². The molecule has 0 fully saturated rings. The standard InChI is InChI=1S/C15H34N2O/c1-6-18-15(11-16)12-17(9-7-13(2)3)10-8-14(4)5/h13-15H,6-12,16H2,1-5H3. The summed E-state index contributed by atoms with van der Waals surface area (Å²) < 4.78 is 5.67. The van der Waals surface area contributed by atoms with Crippen LogP contribution in [-0.4, -0.2) is 43.8 Å². The van der Waals surface area contributed by atoms with Crippen molar-refractivity contribution in [3.63, 3.8) is 0 Å². The second-order valence-electron chi connectivity index (χ2n) is 5.98. The molecule has 0 bridgehead atoms. The van der Waals surface area contributed by atoms with E-state index in [1.54, 1.807) is 0 Å². The summed E-state index contributed by atoms with van der Waals surface area (Å²) in [6, 6.07) is 0. The molecule has 0 aromatic heterocycles. The van der Waals surface area contributed by atoms with Gasteiger partial charge in [-0.15, -0.1) is 0 Å². The van der Waals surface area contributed by atoms with Crippen LogP contribution < -0.4 is 5.73 Å². The molecule has 18 heavy (non-hydrogen) atoms. The summed E-state index contributed by atoms with van der Waals surface area (Å²) in [5.41, 5.74) is 5.77. The third kappa shape index (κ3) is 9.86. The van der Waals surface area contributed by atoms with E-state index in [0.29, 0.717) is 6.54 Å². The third-order valence-corrected chi connectivity index (χ3v) is 3.17. The van der Waals surface area contributed by atoms with Crippen molar-refractivity contribution in [1.82, 2.24) is 4.90 Å². The molecule has 0 spiro atoms. The molecule has 0 aromatic carbocycles. The van der Waals surface area contributed by atoms with Crippen LogP contribution in [0.5, 0.6) is 0 Å². The minimum Gasteiger partial charge on any atom is -0.376 e. The average Bonchev–Trinajstić information content (AvgIpc) is 2.31. The Morgan fingerprint density at radius 1 is 1.00 bits per heavy atom. The summed E-state index contributed by atoms with van der Waals surface area (Å²) in [5.74, 6) is 1.52. The van der Waals surface area contributed by atoms with Crippen LogP contribution in [0.1, 0.15) is 47.5 Å². The Hall–Kier alpha value is -0.120. The fourth-order valence-corrected chi connectivity index (χ4v) is 1.89. The van der Waals surface area contributed by atoms with Gasteiger partial charge in [-0.05, 0) is 44.7 Å². The largest absolute Gasteiger partial charge is 0.376 e. The van der Waals surface area contributed by atoms with E-state index >= 15 is 0 Å². The molecule has 0 aliphatic carbocycles. The zero-order valence-corrected chi connectivity index (χ0v) is 13.1. The smallest absolute Gasteiger partial charge is 0.0823 e. The molecule has 0 heterocycles. The molecular weight excluding hydrogens is 224 g/mol. The Balaban J connectivity index is 4.16. The lowest BCUT2D eigenvalue weighted by molar-refractivity contribution is 0.0370. The molecule has 3 nitrogen and oxygen atoms in total. The Morgan fingerprint density at radius 3 is 1.83 bits per heavy atom. The van der Waals surface area contributed by atoms with Gasteiger partial charge in [0.2, 0.25) is 0 Å². The van der Waals surface area contributed by atoms with Gasteiger partial charge in [0.05, 0.1) is 6.10 Å². The molecule has 2 N–H and O–H groups in total. The molecule has 0 aliphatic rings. The minimum atomic E-state index is 0.189. The van der Waals surface area contributed by atoms with Gasteiger partial charge in [0, 0.05) is 19.7 Å². The van der Waals surface area contributed by atoms with Crippen molar-refractivity contribution in [2.45, 2.75) is 53.6 Å². The number of rotatable bonds is 11. The summed E-state index contributed by atoms with van der Waals surface area (Å²) in [6.45, 7) is 15.8. The van der Waals surface area contributed by atoms with Crippen molar-refractivity contribution < 1.29 is 4.74 Å². The molecule has 0 radical (unpaired) electrons. The van der Waals surface area contributed by atoms with Gasteiger partial charge in [0.15, 0.2) is 0 Å². The van der Waals surface area contributed by atoms with Crippen molar-refractivity contribution in [2.75, 3.05) is 32.8 Å². The maximum absolute atomic E-state index is 5.77. The van der Waals surface area contributed by atoms with E-state index in [4.69, 9.17) is 10.5 Å². The van der Waals surface area contributed by atoms with Crippen LogP contribution in [0.4, 0.5) is 0 Å². The Kier molecular flexibility index (Phi) is 10.7. The van der Waals surface area contributed by atoms with Crippen molar-refractivity contribution in [1.29, 1.82) is 0 Å². The quantitative estimate of drug-likeness (QED) is 0.619. The Labute approximate surface area is 114 Å². The minimum absolute atomic E-state index is 0.189. The number of ether oxygens (including phenoxy) is 1. The second-order valence-corrected chi connectivity index (χ2v) is 5.98. The van der Waals surface area contributed by atoms with E-state index in [9.17, 15) is 0 Å². The number of nitrogens with zero attached hydrogens (tertiary/aromatic N) is 1. The first-order valence-corrected chi connectivity index (χ1v) is 7.53. The molecule has 0 aromatic rings. The number of nitrogens with two attached hydrogens (primary N) is 1. The topological polar surface area (TPSA) is 38.5 Å². The van der Waals surface area contributed by atoms with E-state index in [1.165, 1.54) is 12.8 Å². The van der Waals surface area contributed by atoms with Crippen LogP contribution in [0.3, 0.4) is 0 Å². The van der Waals surface area contributed by atoms with Gasteiger partial charge < -0.3 is 15.4 Å². The highest BCUT2D eigenvalue weighted by molar-refractivity contribution is 4.68. The SMILES string of the molecule is CCOC(CN)CN(CCC(C)C)CCC(C)C. The van der Waals surface area contributed by atoms with Crippen LogP contribution in [0.25, 0.3) is 0 Å². The highest BCUT2D eigenvalue weighted by Gasteiger charge is 2.13. The van der Waals surface area contributed by atoms with Crippen molar-refractivity contribution in [3.05, 3.63) is 0 Å². The molecule has 0 rings (SSSR count). The van der Waals surface area contributed by atoms with Gasteiger partial charge in [-0.1, -0.05) is 27.7 Å². The molecular formula is C15H34N2O. The maximum Gasteiger partial charge on any atom is 0.0823 e.